The number of allylic oxidation sites excluding steroid dienone is 3. The number of carbonyl (C=O) groups excluding carboxylic acids is 1. The predicted octanol–water partition coefficient (Wildman–Crippen LogP) is 4.27. The van der Waals surface area contributed by atoms with Crippen molar-refractivity contribution in [2.45, 2.75) is 53.9 Å². The molecule has 0 spiro atoms. The van der Waals surface area contributed by atoms with E-state index in [1.807, 2.05) is 19.9 Å². The molecule has 0 aromatic heterocycles. The first-order chi connectivity index (χ1) is 7.91. The van der Waals surface area contributed by atoms with E-state index in [0.717, 1.165) is 12.8 Å². The Kier molecular flexibility index (Phi) is 8.47. The zero-order valence-corrected chi connectivity index (χ0v) is 11.9. The Morgan fingerprint density at radius 1 is 1.18 bits per heavy atom. The second-order valence-corrected chi connectivity index (χ2v) is 5.15. The van der Waals surface area contributed by atoms with Crippen LogP contribution in [0.1, 0.15) is 53.9 Å². The number of carbonyl (C=O) groups is 1. The van der Waals surface area contributed by atoms with E-state index in [9.17, 15) is 4.79 Å². The van der Waals surface area contributed by atoms with E-state index < -0.39 is 0 Å². The van der Waals surface area contributed by atoms with Gasteiger partial charge < -0.3 is 4.74 Å². The Morgan fingerprint density at radius 3 is 2.35 bits per heavy atom. The molecule has 0 saturated heterocycles. The summed E-state index contributed by atoms with van der Waals surface area (Å²) in [6, 6.07) is 0. The maximum Gasteiger partial charge on any atom is 0.306 e. The Balaban J connectivity index is 3.76. The van der Waals surface area contributed by atoms with Crippen molar-refractivity contribution in [2.75, 3.05) is 6.61 Å². The molecule has 2 heteroatoms. The number of hydrogen-bond acceptors (Lipinski definition) is 2. The topological polar surface area (TPSA) is 26.3 Å². The van der Waals surface area contributed by atoms with Crippen molar-refractivity contribution in [1.82, 2.24) is 0 Å². The van der Waals surface area contributed by atoms with Crippen molar-refractivity contribution < 1.29 is 9.53 Å². The van der Waals surface area contributed by atoms with Crippen LogP contribution in [0.2, 0.25) is 0 Å². The molecule has 0 N–H and O–H groups in total. The molecule has 0 aliphatic heterocycles. The van der Waals surface area contributed by atoms with Crippen LogP contribution in [0.4, 0.5) is 0 Å². The van der Waals surface area contributed by atoms with Gasteiger partial charge in [0, 0.05) is 6.42 Å². The lowest BCUT2D eigenvalue weighted by Gasteiger charge is -2.05. The van der Waals surface area contributed by atoms with Gasteiger partial charge in [-0.3, -0.25) is 4.79 Å². The molecule has 17 heavy (non-hydrogen) atoms. The third-order valence-corrected chi connectivity index (χ3v) is 2.34. The van der Waals surface area contributed by atoms with Crippen LogP contribution in [-0.2, 0) is 9.53 Å². The number of ether oxygens (including phenoxy) is 1. The van der Waals surface area contributed by atoms with Gasteiger partial charge in [-0.05, 0) is 45.6 Å². The smallest absolute Gasteiger partial charge is 0.306 e. The summed E-state index contributed by atoms with van der Waals surface area (Å²) in [6.45, 7) is 10.7. The highest BCUT2D eigenvalue weighted by Crippen LogP contribution is 2.07. The zero-order valence-electron chi connectivity index (χ0n) is 11.9. The van der Waals surface area contributed by atoms with Gasteiger partial charge >= 0.3 is 5.97 Å². The minimum Gasteiger partial charge on any atom is -0.461 e. The van der Waals surface area contributed by atoms with Gasteiger partial charge in [0.05, 0.1) is 0 Å². The molecule has 0 saturated carbocycles. The number of esters is 1. The fraction of sp³-hybridized carbons (Fsp3) is 0.667. The van der Waals surface area contributed by atoms with Crippen LogP contribution >= 0.6 is 0 Å². The van der Waals surface area contributed by atoms with Crippen LogP contribution in [0, 0.1) is 5.92 Å². The number of hydrogen-bond donors (Lipinski definition) is 0. The quantitative estimate of drug-likeness (QED) is 0.489. The van der Waals surface area contributed by atoms with Crippen molar-refractivity contribution in [2.24, 2.45) is 5.92 Å². The zero-order chi connectivity index (χ0) is 13.3. The van der Waals surface area contributed by atoms with Gasteiger partial charge in [-0.25, -0.2) is 0 Å². The third-order valence-electron chi connectivity index (χ3n) is 2.34. The Hall–Kier alpha value is -1.05. The molecule has 0 radical (unpaired) electrons. The summed E-state index contributed by atoms with van der Waals surface area (Å²) in [6.07, 6.45) is 6.82. The third kappa shape index (κ3) is 11.2. The summed E-state index contributed by atoms with van der Waals surface area (Å²) in [4.78, 5) is 11.3. The first-order valence-electron chi connectivity index (χ1n) is 6.36. The van der Waals surface area contributed by atoms with E-state index >= 15 is 0 Å². The van der Waals surface area contributed by atoms with E-state index in [0.29, 0.717) is 18.9 Å². The van der Waals surface area contributed by atoms with E-state index in [-0.39, 0.29) is 5.97 Å². The molecular formula is C15H26O2. The molecule has 0 bridgehead atoms. The van der Waals surface area contributed by atoms with Gasteiger partial charge in [0.25, 0.3) is 0 Å². The molecule has 0 aromatic carbocycles. The molecule has 0 unspecified atom stereocenters. The molecule has 0 atom stereocenters. The molecule has 0 aromatic rings. The van der Waals surface area contributed by atoms with Crippen LogP contribution in [-0.4, -0.2) is 12.6 Å². The highest BCUT2D eigenvalue weighted by Gasteiger charge is 2.04. The lowest BCUT2D eigenvalue weighted by atomic mass is 10.1. The Bertz CT molecular complexity index is 281. The first-order valence-corrected chi connectivity index (χ1v) is 6.36. The van der Waals surface area contributed by atoms with Crippen LogP contribution in [0.5, 0.6) is 0 Å². The van der Waals surface area contributed by atoms with Crippen molar-refractivity contribution in [3.05, 3.63) is 23.3 Å². The van der Waals surface area contributed by atoms with Crippen molar-refractivity contribution >= 4 is 5.97 Å². The molecule has 0 rings (SSSR count). The summed E-state index contributed by atoms with van der Waals surface area (Å²) >= 11 is 0. The molecule has 0 fully saturated rings. The minimum absolute atomic E-state index is 0.103. The largest absolute Gasteiger partial charge is 0.461 e. The molecule has 98 valence electrons. The molecular weight excluding hydrogens is 212 g/mol. The molecule has 0 amide bonds. The van der Waals surface area contributed by atoms with Crippen molar-refractivity contribution in [3.63, 3.8) is 0 Å². The average Bonchev–Trinajstić information content (AvgIpc) is 2.15. The monoisotopic (exact) mass is 238 g/mol. The van der Waals surface area contributed by atoms with Gasteiger partial charge in [-0.2, -0.15) is 0 Å². The highest BCUT2D eigenvalue weighted by molar-refractivity contribution is 5.69. The molecule has 2 nitrogen and oxygen atoms in total. The van der Waals surface area contributed by atoms with E-state index in [1.165, 1.54) is 11.1 Å². The van der Waals surface area contributed by atoms with Gasteiger partial charge in [0.15, 0.2) is 0 Å². The van der Waals surface area contributed by atoms with Gasteiger partial charge in [-0.1, -0.05) is 31.1 Å². The summed E-state index contributed by atoms with van der Waals surface area (Å²) in [5, 5.41) is 0. The fourth-order valence-corrected chi connectivity index (χ4v) is 1.36. The van der Waals surface area contributed by atoms with E-state index in [2.05, 4.69) is 26.8 Å². The highest BCUT2D eigenvalue weighted by atomic mass is 16.5. The Morgan fingerprint density at radius 2 is 1.82 bits per heavy atom. The molecule has 0 aliphatic carbocycles. The van der Waals surface area contributed by atoms with Gasteiger partial charge in [0.2, 0.25) is 0 Å². The summed E-state index contributed by atoms with van der Waals surface area (Å²) in [5.41, 5.74) is 2.63. The second kappa shape index (κ2) is 9.03. The predicted molar refractivity (Wildman–Crippen MR) is 72.8 cm³/mol. The summed E-state index contributed by atoms with van der Waals surface area (Å²) in [7, 11) is 0. The molecule has 0 aliphatic rings. The van der Waals surface area contributed by atoms with Crippen molar-refractivity contribution in [3.8, 4) is 0 Å². The maximum atomic E-state index is 11.3. The molecule has 0 heterocycles. The first kappa shape index (κ1) is 16.0. The van der Waals surface area contributed by atoms with Gasteiger partial charge in [0.1, 0.15) is 6.61 Å². The minimum atomic E-state index is -0.103. The van der Waals surface area contributed by atoms with Gasteiger partial charge in [-0.15, -0.1) is 0 Å². The lowest BCUT2D eigenvalue weighted by Crippen LogP contribution is -2.07. The normalized spacial score (nSPS) is 11.5. The van der Waals surface area contributed by atoms with E-state index in [1.54, 1.807) is 0 Å². The maximum absolute atomic E-state index is 11.3. The summed E-state index contributed by atoms with van der Waals surface area (Å²) < 4.78 is 5.12. The SMILES string of the molecule is CC(C)=CCC/C(C)=C\COC(=O)CC(C)C. The average molecular weight is 238 g/mol. The second-order valence-electron chi connectivity index (χ2n) is 5.15. The Labute approximate surface area is 106 Å². The van der Waals surface area contributed by atoms with E-state index in [4.69, 9.17) is 4.74 Å². The summed E-state index contributed by atoms with van der Waals surface area (Å²) in [5.74, 6) is 0.263. The lowest BCUT2D eigenvalue weighted by molar-refractivity contribution is -0.143. The van der Waals surface area contributed by atoms with Crippen LogP contribution in [0.3, 0.4) is 0 Å². The standard InChI is InChI=1S/C15H26O2/c1-12(2)7-6-8-14(5)9-10-17-15(16)11-13(3)4/h7,9,13H,6,8,10-11H2,1-5H3/b14-9-. The number of rotatable bonds is 7. The van der Waals surface area contributed by atoms with Crippen LogP contribution < -0.4 is 0 Å². The van der Waals surface area contributed by atoms with Crippen LogP contribution in [0.15, 0.2) is 23.3 Å². The van der Waals surface area contributed by atoms with Crippen LogP contribution in [0.25, 0.3) is 0 Å². The fourth-order valence-electron chi connectivity index (χ4n) is 1.36. The van der Waals surface area contributed by atoms with Crippen molar-refractivity contribution in [1.29, 1.82) is 0 Å².